The van der Waals surface area contributed by atoms with Crippen LogP contribution in [0.4, 0.5) is 0 Å². The molecule has 12 nitrogen and oxygen atoms in total. The number of likely N-dealkylation sites (tertiary alicyclic amines) is 1. The summed E-state index contributed by atoms with van der Waals surface area (Å²) in [6.45, 7) is -0.114. The summed E-state index contributed by atoms with van der Waals surface area (Å²) in [7, 11) is 0. The van der Waals surface area contributed by atoms with E-state index in [1.54, 1.807) is 6.20 Å². The van der Waals surface area contributed by atoms with Gasteiger partial charge in [0, 0.05) is 36.5 Å². The summed E-state index contributed by atoms with van der Waals surface area (Å²) in [6.07, 6.45) is 2.42. The van der Waals surface area contributed by atoms with Gasteiger partial charge in [-0.15, -0.1) is 0 Å². The SMILES string of the molecule is NCC(=O)NC(CCC(N)=O)C(=O)NC(Cc1c[nH]c2ccccc12)C(=O)N1CCCC1C(=O)O. The van der Waals surface area contributed by atoms with Gasteiger partial charge >= 0.3 is 5.97 Å². The molecule has 2 aromatic rings. The zero-order chi connectivity index (χ0) is 25.5. The number of aromatic nitrogens is 1. The van der Waals surface area contributed by atoms with Gasteiger partial charge in [0.05, 0.1) is 6.54 Å². The second-order valence-electron chi connectivity index (χ2n) is 8.48. The maximum absolute atomic E-state index is 13.5. The second-order valence-corrected chi connectivity index (χ2v) is 8.48. The Labute approximate surface area is 201 Å². The lowest BCUT2D eigenvalue weighted by Crippen LogP contribution is -2.57. The molecule has 4 amide bonds. The molecular weight excluding hydrogens is 456 g/mol. The number of nitrogens with one attached hydrogen (secondary N) is 3. The number of carbonyl (C=O) groups excluding carboxylic acids is 4. The lowest BCUT2D eigenvalue weighted by Gasteiger charge is -2.28. The molecule has 3 rings (SSSR count). The van der Waals surface area contributed by atoms with Crippen molar-refractivity contribution in [3.63, 3.8) is 0 Å². The minimum absolute atomic E-state index is 0.0810. The molecule has 35 heavy (non-hydrogen) atoms. The highest BCUT2D eigenvalue weighted by Gasteiger charge is 2.38. The molecule has 1 aliphatic heterocycles. The van der Waals surface area contributed by atoms with Gasteiger partial charge in [0.2, 0.25) is 23.6 Å². The van der Waals surface area contributed by atoms with Crippen molar-refractivity contribution in [2.24, 2.45) is 11.5 Å². The van der Waals surface area contributed by atoms with Crippen LogP contribution in [-0.2, 0) is 30.4 Å². The van der Waals surface area contributed by atoms with Crippen LogP contribution >= 0.6 is 0 Å². The first-order valence-corrected chi connectivity index (χ1v) is 11.4. The monoisotopic (exact) mass is 486 g/mol. The van der Waals surface area contributed by atoms with E-state index in [4.69, 9.17) is 11.5 Å². The van der Waals surface area contributed by atoms with Crippen molar-refractivity contribution in [3.8, 4) is 0 Å². The molecule has 2 heterocycles. The fraction of sp³-hybridized carbons (Fsp3) is 0.435. The lowest BCUT2D eigenvalue weighted by atomic mass is 10.0. The Kier molecular flexibility index (Phi) is 8.42. The Morgan fingerprint density at radius 3 is 2.57 bits per heavy atom. The smallest absolute Gasteiger partial charge is 0.326 e. The fourth-order valence-corrected chi connectivity index (χ4v) is 4.29. The molecule has 1 aliphatic rings. The zero-order valence-electron chi connectivity index (χ0n) is 19.2. The summed E-state index contributed by atoms with van der Waals surface area (Å²) in [5, 5.41) is 15.5. The molecule has 1 fully saturated rings. The van der Waals surface area contributed by atoms with Crippen molar-refractivity contribution in [2.45, 2.75) is 50.2 Å². The Bertz CT molecular complexity index is 1110. The third-order valence-corrected chi connectivity index (χ3v) is 6.05. The molecule has 0 radical (unpaired) electrons. The summed E-state index contributed by atoms with van der Waals surface area (Å²) in [4.78, 5) is 65.8. The third kappa shape index (κ3) is 6.35. The molecule has 188 valence electrons. The summed E-state index contributed by atoms with van der Waals surface area (Å²) in [6, 6.07) is 4.22. The van der Waals surface area contributed by atoms with Crippen LogP contribution in [0.15, 0.2) is 30.5 Å². The minimum Gasteiger partial charge on any atom is -0.480 e. The normalized spacial score (nSPS) is 17.1. The number of rotatable bonds is 11. The molecule has 3 atom stereocenters. The number of H-pyrrole nitrogens is 1. The predicted molar refractivity (Wildman–Crippen MR) is 126 cm³/mol. The number of carboxylic acid groups (broad SMARTS) is 1. The van der Waals surface area contributed by atoms with Crippen LogP contribution in [0.3, 0.4) is 0 Å². The lowest BCUT2D eigenvalue weighted by molar-refractivity contribution is -0.149. The first kappa shape index (κ1) is 25.7. The van der Waals surface area contributed by atoms with Crippen LogP contribution in [0.1, 0.15) is 31.2 Å². The van der Waals surface area contributed by atoms with Crippen molar-refractivity contribution in [3.05, 3.63) is 36.0 Å². The Morgan fingerprint density at radius 1 is 1.14 bits per heavy atom. The fourth-order valence-electron chi connectivity index (χ4n) is 4.29. The van der Waals surface area contributed by atoms with E-state index in [2.05, 4.69) is 15.6 Å². The standard InChI is InChI=1S/C23H30N6O6/c24-11-20(31)27-16(7-8-19(25)30)21(32)28-17(22(33)29-9-3-6-18(29)23(34)35)10-13-12-26-15-5-2-1-4-14(13)15/h1-2,4-5,12,16-18,26H,3,6-11,24H2,(H2,25,30)(H,27,31)(H,28,32)(H,34,35). The number of aromatic amines is 1. The molecule has 0 aliphatic carbocycles. The van der Waals surface area contributed by atoms with Crippen molar-refractivity contribution < 1.29 is 29.1 Å². The Balaban J connectivity index is 1.87. The number of para-hydroxylation sites is 1. The average Bonchev–Trinajstić information content (AvgIpc) is 3.48. The number of aliphatic carboxylic acids is 1. The van der Waals surface area contributed by atoms with Gasteiger partial charge in [0.25, 0.3) is 0 Å². The number of nitrogens with zero attached hydrogens (tertiary/aromatic N) is 1. The molecule has 3 unspecified atom stereocenters. The highest BCUT2D eigenvalue weighted by Crippen LogP contribution is 2.23. The molecule has 0 saturated carbocycles. The highest BCUT2D eigenvalue weighted by molar-refractivity contribution is 5.95. The quantitative estimate of drug-likeness (QED) is 0.233. The van der Waals surface area contributed by atoms with E-state index in [9.17, 15) is 29.1 Å². The van der Waals surface area contributed by atoms with Gasteiger partial charge in [-0.3, -0.25) is 19.2 Å². The summed E-state index contributed by atoms with van der Waals surface area (Å²) >= 11 is 0. The van der Waals surface area contributed by atoms with Crippen molar-refractivity contribution in [1.29, 1.82) is 0 Å². The number of hydrogen-bond donors (Lipinski definition) is 6. The minimum atomic E-state index is -1.15. The first-order chi connectivity index (χ1) is 16.7. The van der Waals surface area contributed by atoms with Crippen molar-refractivity contribution in [2.75, 3.05) is 13.1 Å². The van der Waals surface area contributed by atoms with E-state index in [0.29, 0.717) is 12.8 Å². The molecule has 1 aromatic carbocycles. The number of benzene rings is 1. The van der Waals surface area contributed by atoms with E-state index in [-0.39, 0.29) is 32.4 Å². The van der Waals surface area contributed by atoms with Gasteiger partial charge in [-0.05, 0) is 30.9 Å². The molecule has 1 aromatic heterocycles. The third-order valence-electron chi connectivity index (χ3n) is 6.05. The predicted octanol–water partition coefficient (Wildman–Crippen LogP) is -1.02. The van der Waals surface area contributed by atoms with E-state index >= 15 is 0 Å². The summed E-state index contributed by atoms with van der Waals surface area (Å²) in [5.74, 6) is -3.61. The molecule has 0 bridgehead atoms. The van der Waals surface area contributed by atoms with Crippen LogP contribution in [0, 0.1) is 0 Å². The van der Waals surface area contributed by atoms with E-state index < -0.39 is 47.7 Å². The zero-order valence-corrected chi connectivity index (χ0v) is 19.2. The molecule has 12 heteroatoms. The second kappa shape index (κ2) is 11.5. The van der Waals surface area contributed by atoms with Crippen molar-refractivity contribution in [1.82, 2.24) is 20.5 Å². The van der Waals surface area contributed by atoms with Gasteiger partial charge in [-0.25, -0.2) is 4.79 Å². The van der Waals surface area contributed by atoms with Gasteiger partial charge in [0.15, 0.2) is 0 Å². The topological polar surface area (TPSA) is 201 Å². The summed E-state index contributed by atoms with van der Waals surface area (Å²) in [5.41, 5.74) is 12.1. The van der Waals surface area contributed by atoms with Crippen LogP contribution < -0.4 is 22.1 Å². The van der Waals surface area contributed by atoms with Crippen LogP contribution in [-0.4, -0.2) is 75.8 Å². The average molecular weight is 487 g/mol. The van der Waals surface area contributed by atoms with Gasteiger partial charge in [-0.1, -0.05) is 18.2 Å². The number of hydrogen-bond acceptors (Lipinski definition) is 6. The van der Waals surface area contributed by atoms with E-state index in [0.717, 1.165) is 16.5 Å². The summed E-state index contributed by atoms with van der Waals surface area (Å²) < 4.78 is 0. The van der Waals surface area contributed by atoms with E-state index in [1.165, 1.54) is 4.90 Å². The molecule has 0 spiro atoms. The number of carbonyl (C=O) groups is 5. The number of carboxylic acids is 1. The number of fused-ring (bicyclic) bond motifs is 1. The molecule has 1 saturated heterocycles. The van der Waals surface area contributed by atoms with Gasteiger partial charge in [-0.2, -0.15) is 0 Å². The van der Waals surface area contributed by atoms with Crippen LogP contribution in [0.5, 0.6) is 0 Å². The largest absolute Gasteiger partial charge is 0.480 e. The Hall–Kier alpha value is -3.93. The number of amides is 4. The van der Waals surface area contributed by atoms with Crippen LogP contribution in [0.25, 0.3) is 10.9 Å². The molecule has 8 N–H and O–H groups in total. The van der Waals surface area contributed by atoms with Crippen LogP contribution in [0.2, 0.25) is 0 Å². The Morgan fingerprint density at radius 2 is 1.89 bits per heavy atom. The molecular formula is C23H30N6O6. The first-order valence-electron chi connectivity index (χ1n) is 11.4. The number of primary amides is 1. The van der Waals surface area contributed by atoms with Gasteiger partial charge < -0.3 is 37.1 Å². The van der Waals surface area contributed by atoms with Crippen molar-refractivity contribution >= 4 is 40.5 Å². The van der Waals surface area contributed by atoms with E-state index in [1.807, 2.05) is 24.3 Å². The highest BCUT2D eigenvalue weighted by atomic mass is 16.4. The maximum Gasteiger partial charge on any atom is 0.326 e. The maximum atomic E-state index is 13.5. The van der Waals surface area contributed by atoms with Gasteiger partial charge in [0.1, 0.15) is 18.1 Å². The number of nitrogens with two attached hydrogens (primary N) is 2.